The first kappa shape index (κ1) is 15.1. The van der Waals surface area contributed by atoms with Crippen LogP contribution in [-0.2, 0) is 6.54 Å². The molecule has 0 spiro atoms. The summed E-state index contributed by atoms with van der Waals surface area (Å²) in [6.45, 7) is 8.61. The number of piperazine rings is 1. The molecule has 1 amide bonds. The number of hydrazine groups is 1. The molecule has 1 fully saturated rings. The van der Waals surface area contributed by atoms with E-state index < -0.39 is 0 Å². The van der Waals surface area contributed by atoms with Crippen molar-refractivity contribution in [1.29, 1.82) is 0 Å². The van der Waals surface area contributed by atoms with Crippen LogP contribution < -0.4 is 5.43 Å². The molecule has 0 atom stereocenters. The van der Waals surface area contributed by atoms with Crippen LogP contribution in [0.5, 0.6) is 0 Å². The fourth-order valence-corrected chi connectivity index (χ4v) is 3.21. The molecule has 0 bridgehead atoms. The van der Waals surface area contributed by atoms with Crippen molar-refractivity contribution in [3.63, 3.8) is 0 Å². The van der Waals surface area contributed by atoms with Crippen LogP contribution in [0, 0.1) is 6.92 Å². The number of nitrogens with one attached hydrogen (secondary N) is 1. The zero-order chi connectivity index (χ0) is 15.7. The molecule has 0 saturated carbocycles. The second-order valence-corrected chi connectivity index (χ2v) is 5.97. The van der Waals surface area contributed by atoms with E-state index in [0.29, 0.717) is 0 Å². The summed E-state index contributed by atoms with van der Waals surface area (Å²) in [4.78, 5) is 15.1. The minimum atomic E-state index is 0.0000954. The van der Waals surface area contributed by atoms with E-state index in [2.05, 4.69) is 41.0 Å². The van der Waals surface area contributed by atoms with Gasteiger partial charge in [0.2, 0.25) is 0 Å². The Morgan fingerprint density at radius 2 is 1.86 bits per heavy atom. The van der Waals surface area contributed by atoms with Crippen LogP contribution in [0.4, 0.5) is 0 Å². The van der Waals surface area contributed by atoms with E-state index >= 15 is 0 Å². The van der Waals surface area contributed by atoms with E-state index in [1.165, 1.54) is 0 Å². The van der Waals surface area contributed by atoms with Crippen LogP contribution in [0.1, 0.15) is 23.0 Å². The summed E-state index contributed by atoms with van der Waals surface area (Å²) in [5, 5.41) is 3.19. The number of nitrogens with zero attached hydrogens (tertiary/aromatic N) is 3. The van der Waals surface area contributed by atoms with Gasteiger partial charge in [-0.25, -0.2) is 5.01 Å². The molecule has 1 N–H and O–H groups in total. The van der Waals surface area contributed by atoms with Gasteiger partial charge in [0.1, 0.15) is 5.69 Å². The number of para-hydroxylation sites is 1. The van der Waals surface area contributed by atoms with Crippen LogP contribution in [-0.4, -0.2) is 53.6 Å². The van der Waals surface area contributed by atoms with Gasteiger partial charge in [-0.05, 0) is 32.5 Å². The molecule has 5 heteroatoms. The maximum Gasteiger partial charge on any atom is 0.282 e. The number of likely N-dealkylation sites (N-methyl/N-ethyl adjacent to an activating group) is 1. The second-order valence-electron chi connectivity index (χ2n) is 5.97. The Bertz CT molecular complexity index is 683. The fraction of sp³-hybridized carbons (Fsp3) is 0.471. The molecule has 1 aliphatic rings. The molecule has 2 aromatic rings. The fourth-order valence-electron chi connectivity index (χ4n) is 3.21. The number of amides is 1. The predicted molar refractivity (Wildman–Crippen MR) is 88.9 cm³/mol. The standard InChI is InChI=1S/C17H24N4O/c1-4-21-15-8-6-5-7-14(15)13(2)16(21)17(22)18-20-11-9-19(3)10-12-20/h5-8H,4,9-12H2,1-3H3,(H,18,22). The largest absolute Gasteiger partial charge is 0.337 e. The van der Waals surface area contributed by atoms with E-state index in [-0.39, 0.29) is 5.91 Å². The van der Waals surface area contributed by atoms with Crippen molar-refractivity contribution in [2.45, 2.75) is 20.4 Å². The maximum atomic E-state index is 12.8. The molecule has 5 nitrogen and oxygen atoms in total. The van der Waals surface area contributed by atoms with Crippen LogP contribution in [0.2, 0.25) is 0 Å². The van der Waals surface area contributed by atoms with Crippen molar-refractivity contribution in [2.24, 2.45) is 0 Å². The summed E-state index contributed by atoms with van der Waals surface area (Å²) in [7, 11) is 2.11. The first-order valence-electron chi connectivity index (χ1n) is 7.94. The number of carbonyl (C=O) groups is 1. The Balaban J connectivity index is 1.89. The quantitative estimate of drug-likeness (QED) is 0.940. The lowest BCUT2D eigenvalue weighted by molar-refractivity contribution is 0.0653. The SMILES string of the molecule is CCn1c(C(=O)NN2CCN(C)CC2)c(C)c2ccccc21. The van der Waals surface area contributed by atoms with E-state index in [9.17, 15) is 4.79 Å². The van der Waals surface area contributed by atoms with Gasteiger partial charge in [0.05, 0.1) is 0 Å². The van der Waals surface area contributed by atoms with E-state index in [1.54, 1.807) is 0 Å². The molecule has 1 aromatic heterocycles. The topological polar surface area (TPSA) is 40.5 Å². The number of hydrogen-bond acceptors (Lipinski definition) is 3. The lowest BCUT2D eigenvalue weighted by Crippen LogP contribution is -2.52. The molecule has 1 saturated heterocycles. The molecule has 3 rings (SSSR count). The average Bonchev–Trinajstić information content (AvgIpc) is 2.82. The van der Waals surface area contributed by atoms with Crippen molar-refractivity contribution in [3.05, 3.63) is 35.5 Å². The average molecular weight is 300 g/mol. The zero-order valence-electron chi connectivity index (χ0n) is 13.6. The van der Waals surface area contributed by atoms with Gasteiger partial charge >= 0.3 is 0 Å². The van der Waals surface area contributed by atoms with Gasteiger partial charge in [-0.3, -0.25) is 10.2 Å². The van der Waals surface area contributed by atoms with Gasteiger partial charge in [0.25, 0.3) is 5.91 Å². The van der Waals surface area contributed by atoms with Crippen LogP contribution >= 0.6 is 0 Å². The summed E-state index contributed by atoms with van der Waals surface area (Å²) in [5.41, 5.74) is 6.05. The highest BCUT2D eigenvalue weighted by Crippen LogP contribution is 2.25. The number of benzene rings is 1. The minimum Gasteiger partial charge on any atom is -0.337 e. The monoisotopic (exact) mass is 300 g/mol. The minimum absolute atomic E-state index is 0.0000954. The highest BCUT2D eigenvalue weighted by Gasteiger charge is 2.22. The molecular weight excluding hydrogens is 276 g/mol. The normalized spacial score (nSPS) is 17.0. The summed E-state index contributed by atoms with van der Waals surface area (Å²) in [6.07, 6.45) is 0. The predicted octanol–water partition coefficient (Wildman–Crippen LogP) is 1.86. The lowest BCUT2D eigenvalue weighted by Gasteiger charge is -2.32. The molecule has 2 heterocycles. The van der Waals surface area contributed by atoms with E-state index in [1.807, 2.05) is 24.1 Å². The van der Waals surface area contributed by atoms with E-state index in [0.717, 1.165) is 54.9 Å². The zero-order valence-corrected chi connectivity index (χ0v) is 13.6. The molecule has 22 heavy (non-hydrogen) atoms. The number of fused-ring (bicyclic) bond motifs is 1. The summed E-state index contributed by atoms with van der Waals surface area (Å²) >= 11 is 0. The first-order valence-corrected chi connectivity index (χ1v) is 7.94. The Morgan fingerprint density at radius 3 is 2.55 bits per heavy atom. The molecule has 0 unspecified atom stereocenters. The Labute approximate surface area is 131 Å². The highest BCUT2D eigenvalue weighted by molar-refractivity contribution is 6.01. The van der Waals surface area contributed by atoms with Gasteiger partial charge < -0.3 is 9.47 Å². The van der Waals surface area contributed by atoms with Crippen molar-refractivity contribution in [1.82, 2.24) is 19.9 Å². The second kappa shape index (κ2) is 6.10. The molecule has 0 radical (unpaired) electrons. The third-order valence-corrected chi connectivity index (χ3v) is 4.52. The molecular formula is C17H24N4O. The molecule has 0 aliphatic carbocycles. The first-order chi connectivity index (χ1) is 10.6. The van der Waals surface area contributed by atoms with Crippen LogP contribution in [0.25, 0.3) is 10.9 Å². The smallest absolute Gasteiger partial charge is 0.282 e. The highest BCUT2D eigenvalue weighted by atomic mass is 16.2. The van der Waals surface area contributed by atoms with Crippen molar-refractivity contribution < 1.29 is 4.79 Å². The maximum absolute atomic E-state index is 12.8. The van der Waals surface area contributed by atoms with Gasteiger partial charge in [0, 0.05) is 43.6 Å². The van der Waals surface area contributed by atoms with Crippen molar-refractivity contribution in [2.75, 3.05) is 33.2 Å². The Hall–Kier alpha value is -1.85. The van der Waals surface area contributed by atoms with Gasteiger partial charge in [-0.15, -0.1) is 0 Å². The van der Waals surface area contributed by atoms with E-state index in [4.69, 9.17) is 0 Å². The van der Waals surface area contributed by atoms with Gasteiger partial charge in [-0.2, -0.15) is 0 Å². The third kappa shape index (κ3) is 2.62. The Morgan fingerprint density at radius 1 is 1.18 bits per heavy atom. The number of aromatic nitrogens is 1. The van der Waals surface area contributed by atoms with Crippen LogP contribution in [0.3, 0.4) is 0 Å². The molecule has 118 valence electrons. The van der Waals surface area contributed by atoms with Gasteiger partial charge in [0.15, 0.2) is 0 Å². The number of hydrogen-bond donors (Lipinski definition) is 1. The number of aryl methyl sites for hydroxylation is 2. The summed E-state index contributed by atoms with van der Waals surface area (Å²) in [6, 6.07) is 8.22. The number of rotatable bonds is 3. The number of carbonyl (C=O) groups excluding carboxylic acids is 1. The third-order valence-electron chi connectivity index (χ3n) is 4.52. The van der Waals surface area contributed by atoms with Crippen LogP contribution in [0.15, 0.2) is 24.3 Å². The Kier molecular flexibility index (Phi) is 4.18. The lowest BCUT2D eigenvalue weighted by atomic mass is 10.1. The molecule has 1 aromatic carbocycles. The summed E-state index contributed by atoms with van der Waals surface area (Å²) < 4.78 is 2.11. The van der Waals surface area contributed by atoms with Crippen molar-refractivity contribution >= 4 is 16.8 Å². The summed E-state index contributed by atoms with van der Waals surface area (Å²) in [5.74, 6) is 0.0000954. The molecule has 1 aliphatic heterocycles. The van der Waals surface area contributed by atoms with Gasteiger partial charge in [-0.1, -0.05) is 18.2 Å². The van der Waals surface area contributed by atoms with Crippen molar-refractivity contribution in [3.8, 4) is 0 Å².